The average molecular weight is 270 g/mol. The second kappa shape index (κ2) is 6.77. The van der Waals surface area contributed by atoms with Crippen molar-refractivity contribution in [3.8, 4) is 0 Å². The van der Waals surface area contributed by atoms with E-state index in [4.69, 9.17) is 4.74 Å². The van der Waals surface area contributed by atoms with Crippen molar-refractivity contribution in [3.63, 3.8) is 0 Å². The van der Waals surface area contributed by atoms with Crippen LogP contribution in [0.3, 0.4) is 0 Å². The Labute approximate surface area is 110 Å². The van der Waals surface area contributed by atoms with E-state index in [0.717, 1.165) is 26.1 Å². The number of hydrogen-bond acceptors (Lipinski definition) is 6. The fraction of sp³-hybridized carbons (Fsp3) is 0.727. The molecule has 1 saturated heterocycles. The highest BCUT2D eigenvalue weighted by molar-refractivity contribution is 7.13. The smallest absolute Gasteiger partial charge is 0.240 e. The Morgan fingerprint density at radius 1 is 1.72 bits per heavy atom. The average Bonchev–Trinajstić information content (AvgIpc) is 2.82. The van der Waals surface area contributed by atoms with Gasteiger partial charge in [-0.05, 0) is 25.3 Å². The van der Waals surface area contributed by atoms with Crippen LogP contribution in [-0.4, -0.2) is 54.4 Å². The molecule has 1 aliphatic rings. The van der Waals surface area contributed by atoms with Gasteiger partial charge in [0.05, 0.1) is 13.2 Å². The molecule has 1 atom stereocenters. The van der Waals surface area contributed by atoms with Gasteiger partial charge in [-0.25, -0.2) is 0 Å². The zero-order valence-electron chi connectivity index (χ0n) is 10.5. The van der Waals surface area contributed by atoms with E-state index in [9.17, 15) is 4.79 Å². The number of anilines is 1. The number of nitrogens with zero attached hydrogens (tertiary/aromatic N) is 3. The van der Waals surface area contributed by atoms with Gasteiger partial charge in [-0.2, -0.15) is 0 Å². The Bertz CT molecular complexity index is 369. The van der Waals surface area contributed by atoms with E-state index < -0.39 is 0 Å². The number of nitrogens with one attached hydrogen (secondary N) is 1. The zero-order chi connectivity index (χ0) is 12.8. The highest BCUT2D eigenvalue weighted by atomic mass is 32.1. The molecular formula is C11H18N4O2S. The molecule has 1 N–H and O–H groups in total. The van der Waals surface area contributed by atoms with E-state index in [2.05, 4.69) is 20.4 Å². The Morgan fingerprint density at radius 2 is 2.61 bits per heavy atom. The lowest BCUT2D eigenvalue weighted by Crippen LogP contribution is -2.41. The summed E-state index contributed by atoms with van der Waals surface area (Å²) in [6.45, 7) is 3.09. The standard InChI is InChI=1S/C11H18N4O2S/c1-17-7-9-3-2-4-15(5-9)6-10(16)13-11-14-12-8-18-11/h8-9H,2-7H2,1H3,(H,13,14,16)/t9-/m0/s1. The van der Waals surface area contributed by atoms with Crippen molar-refractivity contribution in [1.29, 1.82) is 0 Å². The summed E-state index contributed by atoms with van der Waals surface area (Å²) in [7, 11) is 1.72. The Morgan fingerprint density at radius 3 is 3.33 bits per heavy atom. The largest absolute Gasteiger partial charge is 0.384 e. The van der Waals surface area contributed by atoms with Crippen molar-refractivity contribution < 1.29 is 9.53 Å². The van der Waals surface area contributed by atoms with E-state index in [1.54, 1.807) is 12.6 Å². The minimum Gasteiger partial charge on any atom is -0.384 e. The van der Waals surface area contributed by atoms with Gasteiger partial charge >= 0.3 is 0 Å². The third-order valence-electron chi connectivity index (χ3n) is 2.98. The first-order valence-electron chi connectivity index (χ1n) is 6.05. The van der Waals surface area contributed by atoms with Crippen molar-refractivity contribution in [2.45, 2.75) is 12.8 Å². The monoisotopic (exact) mass is 270 g/mol. The van der Waals surface area contributed by atoms with Crippen LogP contribution < -0.4 is 5.32 Å². The van der Waals surface area contributed by atoms with Crippen LogP contribution in [0.4, 0.5) is 5.13 Å². The molecule has 1 fully saturated rings. The fourth-order valence-corrected chi connectivity index (χ4v) is 2.72. The molecule has 0 unspecified atom stereocenters. The number of piperidine rings is 1. The third-order valence-corrected chi connectivity index (χ3v) is 3.59. The highest BCUT2D eigenvalue weighted by Crippen LogP contribution is 2.16. The summed E-state index contributed by atoms with van der Waals surface area (Å²) >= 11 is 1.33. The van der Waals surface area contributed by atoms with Gasteiger partial charge in [-0.1, -0.05) is 11.3 Å². The van der Waals surface area contributed by atoms with Crippen molar-refractivity contribution in [2.75, 3.05) is 38.7 Å². The maximum atomic E-state index is 11.8. The van der Waals surface area contributed by atoms with Crippen molar-refractivity contribution in [3.05, 3.63) is 5.51 Å². The number of amides is 1. The molecule has 6 nitrogen and oxygen atoms in total. The van der Waals surface area contributed by atoms with Gasteiger partial charge in [0.1, 0.15) is 5.51 Å². The predicted molar refractivity (Wildman–Crippen MR) is 69.6 cm³/mol. The number of likely N-dealkylation sites (tertiary alicyclic amines) is 1. The molecule has 7 heteroatoms. The van der Waals surface area contributed by atoms with Gasteiger partial charge in [0.25, 0.3) is 0 Å². The van der Waals surface area contributed by atoms with E-state index in [1.165, 1.54) is 17.8 Å². The maximum Gasteiger partial charge on any atom is 0.240 e. The summed E-state index contributed by atoms with van der Waals surface area (Å²) in [5.74, 6) is 0.517. The topological polar surface area (TPSA) is 67.3 Å². The molecule has 0 spiro atoms. The number of aromatic nitrogens is 2. The molecule has 1 aromatic rings. The lowest BCUT2D eigenvalue weighted by molar-refractivity contribution is -0.117. The molecule has 0 saturated carbocycles. The van der Waals surface area contributed by atoms with Crippen molar-refractivity contribution in [1.82, 2.24) is 15.1 Å². The zero-order valence-corrected chi connectivity index (χ0v) is 11.3. The minimum absolute atomic E-state index is 0.0233. The Balaban J connectivity index is 1.76. The molecule has 1 aromatic heterocycles. The first-order valence-corrected chi connectivity index (χ1v) is 6.93. The molecule has 100 valence electrons. The number of methoxy groups -OCH3 is 1. The van der Waals surface area contributed by atoms with Crippen LogP contribution in [-0.2, 0) is 9.53 Å². The van der Waals surface area contributed by atoms with Crippen molar-refractivity contribution >= 4 is 22.4 Å². The van der Waals surface area contributed by atoms with Gasteiger partial charge in [-0.3, -0.25) is 15.0 Å². The van der Waals surface area contributed by atoms with Gasteiger partial charge in [0, 0.05) is 13.7 Å². The van der Waals surface area contributed by atoms with Gasteiger partial charge in [0.2, 0.25) is 11.0 Å². The second-order valence-electron chi connectivity index (χ2n) is 4.49. The molecule has 0 aromatic carbocycles. The number of ether oxygens (including phenoxy) is 1. The number of hydrogen-bond donors (Lipinski definition) is 1. The fourth-order valence-electron chi connectivity index (χ4n) is 2.26. The lowest BCUT2D eigenvalue weighted by Gasteiger charge is -2.31. The number of rotatable bonds is 5. The quantitative estimate of drug-likeness (QED) is 0.858. The SMILES string of the molecule is COC[C@H]1CCCN(CC(=O)Nc2nncs2)C1. The molecule has 1 aliphatic heterocycles. The minimum atomic E-state index is -0.0233. The van der Waals surface area contributed by atoms with Crippen LogP contribution in [0.5, 0.6) is 0 Å². The molecule has 1 amide bonds. The molecule has 0 bridgehead atoms. The summed E-state index contributed by atoms with van der Waals surface area (Å²) in [5.41, 5.74) is 1.60. The van der Waals surface area contributed by atoms with Crippen LogP contribution in [0, 0.1) is 5.92 Å². The van der Waals surface area contributed by atoms with Gasteiger partial charge < -0.3 is 4.74 Å². The Hall–Kier alpha value is -1.05. The highest BCUT2D eigenvalue weighted by Gasteiger charge is 2.21. The third kappa shape index (κ3) is 4.01. The predicted octanol–water partition coefficient (Wildman–Crippen LogP) is 0.835. The molecule has 2 rings (SSSR count). The van der Waals surface area contributed by atoms with E-state index in [0.29, 0.717) is 17.6 Å². The summed E-state index contributed by atoms with van der Waals surface area (Å²) in [6.07, 6.45) is 2.31. The van der Waals surface area contributed by atoms with Gasteiger partial charge in [-0.15, -0.1) is 10.2 Å². The molecular weight excluding hydrogens is 252 g/mol. The van der Waals surface area contributed by atoms with Crippen LogP contribution >= 0.6 is 11.3 Å². The maximum absolute atomic E-state index is 11.8. The summed E-state index contributed by atoms with van der Waals surface area (Å²) in [5, 5.41) is 10.8. The van der Waals surface area contributed by atoms with Crippen LogP contribution in [0.1, 0.15) is 12.8 Å². The number of carbonyl (C=O) groups is 1. The first-order chi connectivity index (χ1) is 8.78. The summed E-state index contributed by atoms with van der Waals surface area (Å²) in [6, 6.07) is 0. The van der Waals surface area contributed by atoms with Crippen LogP contribution in [0.25, 0.3) is 0 Å². The first kappa shape index (κ1) is 13.4. The Kier molecular flexibility index (Phi) is 5.03. The second-order valence-corrected chi connectivity index (χ2v) is 5.32. The van der Waals surface area contributed by atoms with Gasteiger partial charge in [0.15, 0.2) is 0 Å². The number of carbonyl (C=O) groups excluding carboxylic acids is 1. The lowest BCUT2D eigenvalue weighted by atomic mass is 9.99. The van der Waals surface area contributed by atoms with Crippen molar-refractivity contribution in [2.24, 2.45) is 5.92 Å². The van der Waals surface area contributed by atoms with Crippen LogP contribution in [0.15, 0.2) is 5.51 Å². The summed E-state index contributed by atoms with van der Waals surface area (Å²) < 4.78 is 5.18. The van der Waals surface area contributed by atoms with E-state index >= 15 is 0 Å². The molecule has 0 aliphatic carbocycles. The van der Waals surface area contributed by atoms with E-state index in [-0.39, 0.29) is 5.91 Å². The molecule has 0 radical (unpaired) electrons. The molecule has 18 heavy (non-hydrogen) atoms. The van der Waals surface area contributed by atoms with E-state index in [1.807, 2.05) is 0 Å². The van der Waals surface area contributed by atoms with Crippen LogP contribution in [0.2, 0.25) is 0 Å². The molecule has 2 heterocycles. The normalized spacial score (nSPS) is 20.8. The summed E-state index contributed by atoms with van der Waals surface area (Å²) in [4.78, 5) is 14.0.